The molecular weight excluding hydrogens is 406 g/mol. The molecule has 1 heterocycles. The molecule has 2 aromatic carbocycles. The summed E-state index contributed by atoms with van der Waals surface area (Å²) < 4.78 is 30.6. The third-order valence-corrected chi connectivity index (χ3v) is 6.43. The quantitative estimate of drug-likeness (QED) is 0.516. The highest BCUT2D eigenvalue weighted by Gasteiger charge is 2.19. The van der Waals surface area contributed by atoms with Crippen LogP contribution < -0.4 is 20.1 Å². The summed E-state index contributed by atoms with van der Waals surface area (Å²) >= 11 is 0. The van der Waals surface area contributed by atoms with Gasteiger partial charge in [-0.1, -0.05) is 12.8 Å². The predicted molar refractivity (Wildman–Crippen MR) is 114 cm³/mol. The maximum atomic E-state index is 12.7. The molecule has 30 heavy (non-hydrogen) atoms. The van der Waals surface area contributed by atoms with Crippen molar-refractivity contribution in [2.45, 2.75) is 36.6 Å². The molecule has 2 amide bonds. The number of fused-ring (bicyclic) bond motifs is 1. The number of amides is 2. The van der Waals surface area contributed by atoms with E-state index < -0.39 is 16.1 Å². The minimum atomic E-state index is -4.00. The van der Waals surface area contributed by atoms with Gasteiger partial charge in [0, 0.05) is 24.8 Å². The van der Waals surface area contributed by atoms with Crippen molar-refractivity contribution in [1.29, 1.82) is 0 Å². The van der Waals surface area contributed by atoms with Gasteiger partial charge in [0.1, 0.15) is 10.6 Å². The van der Waals surface area contributed by atoms with Gasteiger partial charge in [0.05, 0.1) is 11.0 Å². The number of rotatable bonds is 6. The van der Waals surface area contributed by atoms with Crippen molar-refractivity contribution in [3.05, 3.63) is 42.5 Å². The lowest BCUT2D eigenvalue weighted by molar-refractivity contribution is 0.255. The van der Waals surface area contributed by atoms with Gasteiger partial charge >= 0.3 is 16.1 Å². The third-order valence-electron chi connectivity index (χ3n) is 5.17. The maximum absolute atomic E-state index is 12.7. The monoisotopic (exact) mass is 429 g/mol. The van der Waals surface area contributed by atoms with Crippen LogP contribution in [0.15, 0.2) is 47.4 Å². The van der Waals surface area contributed by atoms with Crippen LogP contribution in [0, 0.1) is 0 Å². The summed E-state index contributed by atoms with van der Waals surface area (Å²) in [6, 6.07) is 11.0. The minimum Gasteiger partial charge on any atom is -0.382 e. The van der Waals surface area contributed by atoms with E-state index in [0.29, 0.717) is 17.1 Å². The molecular formula is C20H23N5O4S. The van der Waals surface area contributed by atoms with Crippen LogP contribution in [0.5, 0.6) is 5.75 Å². The van der Waals surface area contributed by atoms with Crippen molar-refractivity contribution in [1.82, 2.24) is 9.97 Å². The zero-order valence-electron chi connectivity index (χ0n) is 16.5. The molecule has 1 fully saturated rings. The number of aromatic amines is 1. The number of anilines is 2. The van der Waals surface area contributed by atoms with Gasteiger partial charge in [0.15, 0.2) is 0 Å². The molecule has 1 aliphatic rings. The molecule has 0 aliphatic heterocycles. The molecule has 1 aromatic heterocycles. The summed E-state index contributed by atoms with van der Waals surface area (Å²) in [5.74, 6) is 0.373. The van der Waals surface area contributed by atoms with E-state index >= 15 is 0 Å². The van der Waals surface area contributed by atoms with Crippen LogP contribution in [0.3, 0.4) is 0 Å². The van der Waals surface area contributed by atoms with Crippen molar-refractivity contribution in [3.8, 4) is 5.75 Å². The Labute approximate surface area is 174 Å². The average molecular weight is 430 g/mol. The summed E-state index contributed by atoms with van der Waals surface area (Å²) in [5, 5.41) is 3.42. The molecule has 9 nitrogen and oxygen atoms in total. The highest BCUT2D eigenvalue weighted by molar-refractivity contribution is 7.87. The summed E-state index contributed by atoms with van der Waals surface area (Å²) in [7, 11) is -2.52. The predicted octanol–water partition coefficient (Wildman–Crippen LogP) is 3.20. The molecule has 158 valence electrons. The SMILES string of the molecule is CN(C(N)=O)c1nc2cc(OS(=O)(=O)c3ccc(NC4CCCC4)cc3)ccc2[nH]1. The van der Waals surface area contributed by atoms with Crippen LogP contribution in [0.25, 0.3) is 11.0 Å². The fourth-order valence-corrected chi connectivity index (χ4v) is 4.41. The Morgan fingerprint density at radius 2 is 1.90 bits per heavy atom. The summed E-state index contributed by atoms with van der Waals surface area (Å²) in [4.78, 5) is 19.7. The number of nitrogens with zero attached hydrogens (tertiary/aromatic N) is 2. The molecule has 0 saturated heterocycles. The van der Waals surface area contributed by atoms with Crippen LogP contribution in [0.4, 0.5) is 16.4 Å². The van der Waals surface area contributed by atoms with Gasteiger partial charge < -0.3 is 20.2 Å². The molecule has 0 atom stereocenters. The fourth-order valence-electron chi connectivity index (χ4n) is 3.49. The minimum absolute atomic E-state index is 0.0655. The van der Waals surface area contributed by atoms with Crippen LogP contribution in [-0.4, -0.2) is 37.5 Å². The normalized spacial score (nSPS) is 14.7. The first-order chi connectivity index (χ1) is 14.3. The molecule has 4 N–H and O–H groups in total. The largest absolute Gasteiger partial charge is 0.382 e. The average Bonchev–Trinajstić information content (AvgIpc) is 3.36. The van der Waals surface area contributed by atoms with Crippen molar-refractivity contribution < 1.29 is 17.4 Å². The molecule has 1 saturated carbocycles. The lowest BCUT2D eigenvalue weighted by atomic mass is 10.2. The van der Waals surface area contributed by atoms with Gasteiger partial charge in [-0.3, -0.25) is 4.90 Å². The number of carbonyl (C=O) groups is 1. The lowest BCUT2D eigenvalue weighted by Crippen LogP contribution is -2.32. The summed E-state index contributed by atoms with van der Waals surface area (Å²) in [5.41, 5.74) is 7.20. The zero-order chi connectivity index (χ0) is 21.3. The van der Waals surface area contributed by atoms with Gasteiger partial charge in [-0.25, -0.2) is 9.78 Å². The highest BCUT2D eigenvalue weighted by Crippen LogP contribution is 2.26. The van der Waals surface area contributed by atoms with Gasteiger partial charge in [0.2, 0.25) is 5.95 Å². The Kier molecular flexibility index (Phi) is 5.25. The number of benzene rings is 2. The Morgan fingerprint density at radius 3 is 2.57 bits per heavy atom. The van der Waals surface area contributed by atoms with Crippen LogP contribution in [0.1, 0.15) is 25.7 Å². The first-order valence-corrected chi connectivity index (χ1v) is 11.1. The first-order valence-electron chi connectivity index (χ1n) is 9.66. The molecule has 0 spiro atoms. The van der Waals surface area contributed by atoms with Crippen molar-refractivity contribution in [3.63, 3.8) is 0 Å². The van der Waals surface area contributed by atoms with E-state index in [1.165, 1.54) is 44.2 Å². The number of hydrogen-bond acceptors (Lipinski definition) is 6. The van der Waals surface area contributed by atoms with Gasteiger partial charge in [-0.15, -0.1) is 0 Å². The number of H-pyrrole nitrogens is 1. The Balaban J connectivity index is 1.50. The second-order valence-corrected chi connectivity index (χ2v) is 8.87. The molecule has 0 unspecified atom stereocenters. The number of imidazole rings is 1. The Hall–Kier alpha value is -3.27. The molecule has 0 radical (unpaired) electrons. The van der Waals surface area contributed by atoms with Crippen molar-refractivity contribution in [2.24, 2.45) is 5.73 Å². The lowest BCUT2D eigenvalue weighted by Gasteiger charge is -2.14. The Morgan fingerprint density at radius 1 is 1.20 bits per heavy atom. The standard InChI is InChI=1S/C20H23N5O4S/c1-25(19(21)26)20-23-17-11-8-15(12-18(17)24-20)29-30(27,28)16-9-6-14(7-10-16)22-13-4-2-3-5-13/h6-13,22H,2-5H2,1H3,(H2,21,26)(H,23,24). The number of urea groups is 1. The maximum Gasteiger partial charge on any atom is 0.339 e. The molecule has 1 aliphatic carbocycles. The molecule has 0 bridgehead atoms. The van der Waals surface area contributed by atoms with Crippen molar-refractivity contribution >= 4 is 38.8 Å². The summed E-state index contributed by atoms with van der Waals surface area (Å²) in [6.45, 7) is 0. The summed E-state index contributed by atoms with van der Waals surface area (Å²) in [6.07, 6.45) is 4.71. The molecule has 3 aromatic rings. The number of aromatic nitrogens is 2. The van der Waals surface area contributed by atoms with Crippen LogP contribution in [-0.2, 0) is 10.1 Å². The number of nitrogens with one attached hydrogen (secondary N) is 2. The van der Waals surface area contributed by atoms with Gasteiger partial charge in [-0.05, 0) is 49.2 Å². The van der Waals surface area contributed by atoms with Gasteiger partial charge in [0.25, 0.3) is 0 Å². The fraction of sp³-hybridized carbons (Fsp3) is 0.300. The van der Waals surface area contributed by atoms with Crippen LogP contribution >= 0.6 is 0 Å². The smallest absolute Gasteiger partial charge is 0.339 e. The number of nitrogens with two attached hydrogens (primary N) is 1. The first kappa shape index (κ1) is 20.0. The second-order valence-electron chi connectivity index (χ2n) is 7.32. The zero-order valence-corrected chi connectivity index (χ0v) is 17.3. The van der Waals surface area contributed by atoms with E-state index in [-0.39, 0.29) is 16.6 Å². The topological polar surface area (TPSA) is 130 Å². The van der Waals surface area contributed by atoms with Gasteiger partial charge in [-0.2, -0.15) is 8.42 Å². The second kappa shape index (κ2) is 7.86. The van der Waals surface area contributed by atoms with E-state index in [1.54, 1.807) is 18.2 Å². The number of hydrogen-bond donors (Lipinski definition) is 3. The molecule has 10 heteroatoms. The number of primary amides is 1. The Bertz CT molecular complexity index is 1170. The molecule has 4 rings (SSSR count). The van der Waals surface area contributed by atoms with Crippen molar-refractivity contribution in [2.75, 3.05) is 17.3 Å². The number of carbonyl (C=O) groups excluding carboxylic acids is 1. The van der Waals surface area contributed by atoms with Crippen LogP contribution in [0.2, 0.25) is 0 Å². The van der Waals surface area contributed by atoms with E-state index in [4.69, 9.17) is 9.92 Å². The van der Waals surface area contributed by atoms with E-state index in [9.17, 15) is 13.2 Å². The van der Waals surface area contributed by atoms with E-state index in [1.807, 2.05) is 0 Å². The third kappa shape index (κ3) is 4.18. The highest BCUT2D eigenvalue weighted by atomic mass is 32.2. The van der Waals surface area contributed by atoms with E-state index in [2.05, 4.69) is 15.3 Å². The van der Waals surface area contributed by atoms with E-state index in [0.717, 1.165) is 23.4 Å².